The molecule has 7 heteroatoms. The molecule has 0 bridgehead atoms. The molecule has 3 aromatic carbocycles. The van der Waals surface area contributed by atoms with Crippen LogP contribution in [0.25, 0.3) is 0 Å². The lowest BCUT2D eigenvalue weighted by molar-refractivity contribution is 0.174. The Hall–Kier alpha value is -2.41. The summed E-state index contributed by atoms with van der Waals surface area (Å²) in [4.78, 5) is 0. The van der Waals surface area contributed by atoms with Gasteiger partial charge in [-0.15, -0.1) is 0 Å². The third-order valence-corrected chi connectivity index (χ3v) is 5.94. The van der Waals surface area contributed by atoms with Crippen molar-refractivity contribution in [1.29, 1.82) is 0 Å². The summed E-state index contributed by atoms with van der Waals surface area (Å²) in [5.74, 6) is 2.96. The van der Waals surface area contributed by atoms with Crippen LogP contribution in [-0.2, 0) is 19.7 Å². The van der Waals surface area contributed by atoms with Crippen molar-refractivity contribution in [2.45, 2.75) is 26.6 Å². The SMILES string of the molecule is CCOc1cc(CNCc2ccc3c(c2)OCO3)c(Br)cc1OCc1ccccc1Cl. The number of ether oxygens (including phenoxy) is 4. The van der Waals surface area contributed by atoms with Gasteiger partial charge in [-0.25, -0.2) is 0 Å². The second-order valence-corrected chi connectivity index (χ2v) is 8.26. The maximum Gasteiger partial charge on any atom is 0.231 e. The van der Waals surface area contributed by atoms with E-state index in [4.69, 9.17) is 30.5 Å². The van der Waals surface area contributed by atoms with Crippen LogP contribution in [0.1, 0.15) is 23.6 Å². The Morgan fingerprint density at radius 3 is 2.58 bits per heavy atom. The van der Waals surface area contributed by atoms with Gasteiger partial charge in [-0.2, -0.15) is 0 Å². The Balaban J connectivity index is 1.42. The highest BCUT2D eigenvalue weighted by Gasteiger charge is 2.14. The topological polar surface area (TPSA) is 49.0 Å². The van der Waals surface area contributed by atoms with Gasteiger partial charge >= 0.3 is 0 Å². The third-order valence-electron chi connectivity index (χ3n) is 4.84. The smallest absolute Gasteiger partial charge is 0.231 e. The first-order chi connectivity index (χ1) is 15.1. The molecule has 0 amide bonds. The van der Waals surface area contributed by atoms with Gasteiger partial charge in [0.1, 0.15) is 6.61 Å². The lowest BCUT2D eigenvalue weighted by Gasteiger charge is -2.16. The van der Waals surface area contributed by atoms with Crippen molar-refractivity contribution >= 4 is 27.5 Å². The number of rotatable bonds is 9. The molecular formula is C24H23BrClNO4. The number of fused-ring (bicyclic) bond motifs is 1. The third kappa shape index (κ3) is 5.45. The maximum atomic E-state index is 6.24. The summed E-state index contributed by atoms with van der Waals surface area (Å²) >= 11 is 9.91. The minimum absolute atomic E-state index is 0.282. The van der Waals surface area contributed by atoms with Crippen LogP contribution in [0.5, 0.6) is 23.0 Å². The Labute approximate surface area is 195 Å². The van der Waals surface area contributed by atoms with Gasteiger partial charge in [0.2, 0.25) is 6.79 Å². The average molecular weight is 505 g/mol. The van der Waals surface area contributed by atoms with Crippen molar-refractivity contribution in [2.75, 3.05) is 13.4 Å². The van der Waals surface area contributed by atoms with Crippen LogP contribution >= 0.6 is 27.5 Å². The van der Waals surface area contributed by atoms with Gasteiger partial charge in [-0.1, -0.05) is 51.8 Å². The van der Waals surface area contributed by atoms with E-state index in [1.54, 1.807) is 0 Å². The number of hydrogen-bond donors (Lipinski definition) is 1. The molecule has 0 atom stereocenters. The van der Waals surface area contributed by atoms with Gasteiger partial charge in [-0.05, 0) is 48.4 Å². The lowest BCUT2D eigenvalue weighted by Crippen LogP contribution is -2.13. The van der Waals surface area contributed by atoms with Crippen LogP contribution in [0.3, 0.4) is 0 Å². The highest BCUT2D eigenvalue weighted by molar-refractivity contribution is 9.10. The molecule has 0 spiro atoms. The summed E-state index contributed by atoms with van der Waals surface area (Å²) < 4.78 is 23.6. The van der Waals surface area contributed by atoms with Crippen molar-refractivity contribution in [3.8, 4) is 23.0 Å². The summed E-state index contributed by atoms with van der Waals surface area (Å²) in [6.45, 7) is 4.53. The van der Waals surface area contributed by atoms with Crippen molar-refractivity contribution in [2.24, 2.45) is 0 Å². The number of benzene rings is 3. The fourth-order valence-corrected chi connectivity index (χ4v) is 3.91. The predicted molar refractivity (Wildman–Crippen MR) is 124 cm³/mol. The lowest BCUT2D eigenvalue weighted by atomic mass is 10.1. The zero-order valence-corrected chi connectivity index (χ0v) is 19.5. The van der Waals surface area contributed by atoms with Gasteiger partial charge in [0.15, 0.2) is 23.0 Å². The highest BCUT2D eigenvalue weighted by atomic mass is 79.9. The molecule has 31 heavy (non-hydrogen) atoms. The first-order valence-electron chi connectivity index (χ1n) is 10.0. The van der Waals surface area contributed by atoms with E-state index in [0.29, 0.717) is 42.8 Å². The molecule has 0 aromatic heterocycles. The molecular weight excluding hydrogens is 482 g/mol. The van der Waals surface area contributed by atoms with Crippen molar-refractivity contribution in [3.63, 3.8) is 0 Å². The minimum atomic E-state index is 0.282. The fraction of sp³-hybridized carbons (Fsp3) is 0.250. The van der Waals surface area contributed by atoms with Crippen molar-refractivity contribution in [3.05, 3.63) is 80.8 Å². The molecule has 4 rings (SSSR count). The van der Waals surface area contributed by atoms with E-state index in [1.807, 2.05) is 61.5 Å². The molecule has 0 saturated carbocycles. The van der Waals surface area contributed by atoms with E-state index in [1.165, 1.54) is 0 Å². The van der Waals surface area contributed by atoms with Gasteiger partial charge < -0.3 is 24.3 Å². The monoisotopic (exact) mass is 503 g/mol. The normalized spacial score (nSPS) is 12.1. The van der Waals surface area contributed by atoms with Crippen LogP contribution in [0.2, 0.25) is 5.02 Å². The van der Waals surface area contributed by atoms with Gasteiger partial charge in [0.05, 0.1) is 6.61 Å². The summed E-state index contributed by atoms with van der Waals surface area (Å²) in [5.41, 5.74) is 3.14. The van der Waals surface area contributed by atoms with E-state index < -0.39 is 0 Å². The Morgan fingerprint density at radius 1 is 0.935 bits per heavy atom. The molecule has 162 valence electrons. The largest absolute Gasteiger partial charge is 0.490 e. The van der Waals surface area contributed by atoms with Crippen LogP contribution in [-0.4, -0.2) is 13.4 Å². The highest BCUT2D eigenvalue weighted by Crippen LogP contribution is 2.35. The molecule has 0 radical (unpaired) electrons. The van der Waals surface area contributed by atoms with Gasteiger partial charge in [0.25, 0.3) is 0 Å². The van der Waals surface area contributed by atoms with Crippen LogP contribution in [0, 0.1) is 0 Å². The molecule has 1 N–H and O–H groups in total. The van der Waals surface area contributed by atoms with Crippen molar-refractivity contribution in [1.82, 2.24) is 5.32 Å². The number of hydrogen-bond acceptors (Lipinski definition) is 5. The van der Waals surface area contributed by atoms with Crippen molar-refractivity contribution < 1.29 is 18.9 Å². The molecule has 3 aromatic rings. The summed E-state index contributed by atoms with van der Waals surface area (Å²) in [6, 6.07) is 17.6. The van der Waals surface area contributed by atoms with E-state index in [9.17, 15) is 0 Å². The first-order valence-corrected chi connectivity index (χ1v) is 11.2. The summed E-state index contributed by atoms with van der Waals surface area (Å²) in [7, 11) is 0. The molecule has 0 fully saturated rings. The van der Waals surface area contributed by atoms with Crippen LogP contribution in [0.15, 0.2) is 59.1 Å². The van der Waals surface area contributed by atoms with Crippen LogP contribution in [0.4, 0.5) is 0 Å². The standard InChI is InChI=1S/C24H23BrClNO4/c1-2-28-23-10-18(13-27-12-16-7-8-21-22(9-16)31-15-30-21)19(25)11-24(23)29-14-17-5-3-4-6-20(17)26/h3-11,27H,2,12-15H2,1H3. The molecule has 1 aliphatic rings. The summed E-state index contributed by atoms with van der Waals surface area (Å²) in [5, 5.41) is 4.15. The van der Waals surface area contributed by atoms with Crippen LogP contribution < -0.4 is 24.3 Å². The Bertz CT molecular complexity index is 1060. The second kappa shape index (κ2) is 10.3. The molecule has 0 saturated heterocycles. The van der Waals surface area contributed by atoms with E-state index in [0.717, 1.165) is 32.7 Å². The molecule has 0 unspecified atom stereocenters. The van der Waals surface area contributed by atoms with E-state index in [-0.39, 0.29) is 6.79 Å². The fourth-order valence-electron chi connectivity index (χ4n) is 3.26. The first kappa shape index (κ1) is 21.8. The number of halogens is 2. The van der Waals surface area contributed by atoms with Gasteiger partial charge in [-0.3, -0.25) is 0 Å². The molecule has 1 heterocycles. The minimum Gasteiger partial charge on any atom is -0.490 e. The van der Waals surface area contributed by atoms with E-state index >= 15 is 0 Å². The average Bonchev–Trinajstić information content (AvgIpc) is 3.24. The molecule has 5 nitrogen and oxygen atoms in total. The summed E-state index contributed by atoms with van der Waals surface area (Å²) in [6.07, 6.45) is 0. The number of nitrogens with one attached hydrogen (secondary N) is 1. The predicted octanol–water partition coefficient (Wildman–Crippen LogP) is 6.10. The second-order valence-electron chi connectivity index (χ2n) is 6.99. The Kier molecular flexibility index (Phi) is 7.22. The Morgan fingerprint density at radius 2 is 1.74 bits per heavy atom. The maximum absolute atomic E-state index is 6.24. The zero-order chi connectivity index (χ0) is 21.6. The zero-order valence-electron chi connectivity index (χ0n) is 17.1. The molecule has 1 aliphatic heterocycles. The quantitative estimate of drug-likeness (QED) is 0.382. The van der Waals surface area contributed by atoms with E-state index in [2.05, 4.69) is 21.2 Å². The van der Waals surface area contributed by atoms with Gasteiger partial charge in [0, 0.05) is 28.1 Å². The molecule has 0 aliphatic carbocycles.